The SMILES string of the molecule is Cc1cccc(-c2noc(CN3CCC[C@H]3c3ccc[nH]3)n2)c1. The Morgan fingerprint density at radius 1 is 1.30 bits per heavy atom. The highest BCUT2D eigenvalue weighted by molar-refractivity contribution is 5.55. The maximum Gasteiger partial charge on any atom is 0.241 e. The minimum absolute atomic E-state index is 0.416. The summed E-state index contributed by atoms with van der Waals surface area (Å²) in [6.45, 7) is 3.82. The van der Waals surface area contributed by atoms with Gasteiger partial charge in [-0.3, -0.25) is 4.90 Å². The second-order valence-electron chi connectivity index (χ2n) is 6.14. The lowest BCUT2D eigenvalue weighted by atomic mass is 10.1. The third-order valence-corrected chi connectivity index (χ3v) is 4.43. The highest BCUT2D eigenvalue weighted by atomic mass is 16.5. The fraction of sp³-hybridized carbons (Fsp3) is 0.333. The molecule has 1 atom stereocenters. The summed E-state index contributed by atoms with van der Waals surface area (Å²) in [5.74, 6) is 1.35. The van der Waals surface area contributed by atoms with E-state index in [1.54, 1.807) is 0 Å². The van der Waals surface area contributed by atoms with Gasteiger partial charge in [-0.2, -0.15) is 4.98 Å². The monoisotopic (exact) mass is 308 g/mol. The molecule has 0 aliphatic carbocycles. The third-order valence-electron chi connectivity index (χ3n) is 4.43. The summed E-state index contributed by atoms with van der Waals surface area (Å²) in [6.07, 6.45) is 4.34. The Labute approximate surface area is 135 Å². The molecule has 1 aliphatic heterocycles. The number of aryl methyl sites for hydroxylation is 1. The molecule has 3 aromatic rings. The highest BCUT2D eigenvalue weighted by Crippen LogP contribution is 2.32. The van der Waals surface area contributed by atoms with Crippen LogP contribution in [-0.4, -0.2) is 26.6 Å². The van der Waals surface area contributed by atoms with Crippen molar-refractivity contribution in [1.29, 1.82) is 0 Å². The lowest BCUT2D eigenvalue weighted by molar-refractivity contribution is 0.210. The molecule has 0 bridgehead atoms. The number of hydrogen-bond donors (Lipinski definition) is 1. The zero-order chi connectivity index (χ0) is 15.6. The average molecular weight is 308 g/mol. The molecule has 2 aromatic heterocycles. The number of hydrogen-bond acceptors (Lipinski definition) is 4. The van der Waals surface area contributed by atoms with Crippen LogP contribution in [0.2, 0.25) is 0 Å². The zero-order valence-corrected chi connectivity index (χ0v) is 13.2. The summed E-state index contributed by atoms with van der Waals surface area (Å²) in [4.78, 5) is 10.3. The van der Waals surface area contributed by atoms with Crippen molar-refractivity contribution in [2.45, 2.75) is 32.4 Å². The van der Waals surface area contributed by atoms with Crippen LogP contribution in [0, 0.1) is 6.92 Å². The molecule has 0 radical (unpaired) electrons. The topological polar surface area (TPSA) is 58.0 Å². The van der Waals surface area contributed by atoms with Crippen LogP contribution in [0.5, 0.6) is 0 Å². The molecule has 1 saturated heterocycles. The van der Waals surface area contributed by atoms with Crippen LogP contribution in [0.1, 0.15) is 36.0 Å². The Morgan fingerprint density at radius 3 is 3.09 bits per heavy atom. The van der Waals surface area contributed by atoms with Crippen molar-refractivity contribution >= 4 is 0 Å². The molecule has 1 aliphatic rings. The summed E-state index contributed by atoms with van der Waals surface area (Å²) in [5, 5.41) is 4.14. The van der Waals surface area contributed by atoms with Crippen LogP contribution in [0.3, 0.4) is 0 Å². The van der Waals surface area contributed by atoms with Crippen LogP contribution < -0.4 is 0 Å². The molecule has 0 spiro atoms. The molecular formula is C18H20N4O. The third kappa shape index (κ3) is 2.92. The van der Waals surface area contributed by atoms with Gasteiger partial charge in [0.2, 0.25) is 11.7 Å². The molecule has 118 valence electrons. The van der Waals surface area contributed by atoms with Crippen LogP contribution >= 0.6 is 0 Å². The number of likely N-dealkylation sites (tertiary alicyclic amines) is 1. The predicted octanol–water partition coefficient (Wildman–Crippen LogP) is 3.71. The molecule has 1 N–H and O–H groups in total. The minimum Gasteiger partial charge on any atom is -0.364 e. The lowest BCUT2D eigenvalue weighted by Crippen LogP contribution is -2.23. The van der Waals surface area contributed by atoms with E-state index in [1.165, 1.54) is 24.1 Å². The Morgan fingerprint density at radius 2 is 2.26 bits per heavy atom. The van der Waals surface area contributed by atoms with Crippen molar-refractivity contribution in [3.63, 3.8) is 0 Å². The summed E-state index contributed by atoms with van der Waals surface area (Å²) < 4.78 is 5.47. The van der Waals surface area contributed by atoms with Gasteiger partial charge in [-0.1, -0.05) is 28.9 Å². The number of benzene rings is 1. The van der Waals surface area contributed by atoms with Crippen molar-refractivity contribution in [3.05, 3.63) is 59.7 Å². The van der Waals surface area contributed by atoms with Gasteiger partial charge in [0.1, 0.15) is 0 Å². The van der Waals surface area contributed by atoms with E-state index >= 15 is 0 Å². The Bertz CT molecular complexity index is 778. The minimum atomic E-state index is 0.416. The van der Waals surface area contributed by atoms with E-state index in [0.29, 0.717) is 24.3 Å². The van der Waals surface area contributed by atoms with Crippen molar-refractivity contribution in [2.24, 2.45) is 0 Å². The average Bonchev–Trinajstić information content (AvgIpc) is 3.29. The Balaban J connectivity index is 1.51. The van der Waals surface area contributed by atoms with Gasteiger partial charge < -0.3 is 9.51 Å². The first kappa shape index (κ1) is 14.2. The second-order valence-corrected chi connectivity index (χ2v) is 6.14. The molecule has 23 heavy (non-hydrogen) atoms. The van der Waals surface area contributed by atoms with E-state index in [1.807, 2.05) is 24.4 Å². The molecule has 1 fully saturated rings. The van der Waals surface area contributed by atoms with E-state index in [0.717, 1.165) is 12.1 Å². The van der Waals surface area contributed by atoms with Gasteiger partial charge in [-0.05, 0) is 44.5 Å². The molecule has 3 heterocycles. The summed E-state index contributed by atoms with van der Waals surface area (Å²) in [5.41, 5.74) is 3.46. The first-order valence-corrected chi connectivity index (χ1v) is 8.06. The zero-order valence-electron chi connectivity index (χ0n) is 13.2. The molecule has 1 aromatic carbocycles. The van der Waals surface area contributed by atoms with Crippen LogP contribution in [-0.2, 0) is 6.54 Å². The highest BCUT2D eigenvalue weighted by Gasteiger charge is 2.28. The molecular weight excluding hydrogens is 288 g/mol. The van der Waals surface area contributed by atoms with E-state index in [-0.39, 0.29) is 0 Å². The van der Waals surface area contributed by atoms with Gasteiger partial charge in [-0.25, -0.2) is 0 Å². The maximum atomic E-state index is 5.47. The van der Waals surface area contributed by atoms with E-state index in [9.17, 15) is 0 Å². The maximum absolute atomic E-state index is 5.47. The van der Waals surface area contributed by atoms with Crippen molar-refractivity contribution in [1.82, 2.24) is 20.0 Å². The first-order chi connectivity index (χ1) is 11.3. The number of rotatable bonds is 4. The van der Waals surface area contributed by atoms with E-state index in [2.05, 4.69) is 45.1 Å². The van der Waals surface area contributed by atoms with Crippen LogP contribution in [0.4, 0.5) is 0 Å². The van der Waals surface area contributed by atoms with Gasteiger partial charge in [-0.15, -0.1) is 0 Å². The molecule has 0 unspecified atom stereocenters. The normalized spacial score (nSPS) is 18.6. The van der Waals surface area contributed by atoms with Gasteiger partial charge in [0, 0.05) is 17.5 Å². The van der Waals surface area contributed by atoms with Gasteiger partial charge in [0.05, 0.1) is 12.6 Å². The van der Waals surface area contributed by atoms with Gasteiger partial charge >= 0.3 is 0 Å². The van der Waals surface area contributed by atoms with Crippen molar-refractivity contribution < 1.29 is 4.52 Å². The predicted molar refractivity (Wildman–Crippen MR) is 87.6 cm³/mol. The standard InChI is InChI=1S/C18H20N4O/c1-13-5-2-6-14(11-13)18-20-17(23-21-18)12-22-10-4-8-16(22)15-7-3-9-19-15/h2-3,5-7,9,11,16,19H,4,8,10,12H2,1H3/t16-/m0/s1. The number of aromatic amines is 1. The fourth-order valence-electron chi connectivity index (χ4n) is 3.31. The fourth-order valence-corrected chi connectivity index (χ4v) is 3.31. The first-order valence-electron chi connectivity index (χ1n) is 8.06. The smallest absolute Gasteiger partial charge is 0.241 e. The quantitative estimate of drug-likeness (QED) is 0.798. The van der Waals surface area contributed by atoms with Crippen LogP contribution in [0.25, 0.3) is 11.4 Å². The second kappa shape index (κ2) is 6.01. The van der Waals surface area contributed by atoms with E-state index < -0.39 is 0 Å². The summed E-state index contributed by atoms with van der Waals surface area (Å²) >= 11 is 0. The molecule has 5 nitrogen and oxygen atoms in total. The van der Waals surface area contributed by atoms with Crippen LogP contribution in [0.15, 0.2) is 47.1 Å². The van der Waals surface area contributed by atoms with E-state index in [4.69, 9.17) is 4.52 Å². The number of H-pyrrole nitrogens is 1. The van der Waals surface area contributed by atoms with Crippen molar-refractivity contribution in [3.8, 4) is 11.4 Å². The summed E-state index contributed by atoms with van der Waals surface area (Å²) in [6, 6.07) is 12.8. The molecule has 4 rings (SSSR count). The molecule has 5 heteroatoms. The van der Waals surface area contributed by atoms with Crippen molar-refractivity contribution in [2.75, 3.05) is 6.54 Å². The molecule has 0 saturated carbocycles. The largest absolute Gasteiger partial charge is 0.364 e. The van der Waals surface area contributed by atoms with Gasteiger partial charge in [0.15, 0.2) is 0 Å². The summed E-state index contributed by atoms with van der Waals surface area (Å²) in [7, 11) is 0. The molecule has 0 amide bonds. The number of nitrogens with zero attached hydrogens (tertiary/aromatic N) is 3. The lowest BCUT2D eigenvalue weighted by Gasteiger charge is -2.21. The number of nitrogens with one attached hydrogen (secondary N) is 1. The van der Waals surface area contributed by atoms with Gasteiger partial charge in [0.25, 0.3) is 0 Å². The Hall–Kier alpha value is -2.40. The Kier molecular flexibility index (Phi) is 3.71. The number of aromatic nitrogens is 3.